The summed E-state index contributed by atoms with van der Waals surface area (Å²) in [6.45, 7) is 4.28. The SMILES string of the molecule is C[C@]1(O)CCCC[C@@H]1[C@@H]1CCCN1CCN1C(=O)CNC1=O. The maximum Gasteiger partial charge on any atom is 0.324 e. The van der Waals surface area contributed by atoms with Gasteiger partial charge in [0.1, 0.15) is 0 Å². The van der Waals surface area contributed by atoms with Gasteiger partial charge in [0, 0.05) is 25.0 Å². The topological polar surface area (TPSA) is 72.9 Å². The summed E-state index contributed by atoms with van der Waals surface area (Å²) in [6.07, 6.45) is 6.52. The van der Waals surface area contributed by atoms with E-state index in [-0.39, 0.29) is 18.5 Å². The van der Waals surface area contributed by atoms with Crippen molar-refractivity contribution in [1.29, 1.82) is 0 Å². The number of hydrogen-bond acceptors (Lipinski definition) is 4. The van der Waals surface area contributed by atoms with E-state index in [9.17, 15) is 14.7 Å². The van der Waals surface area contributed by atoms with Crippen molar-refractivity contribution in [1.82, 2.24) is 15.1 Å². The highest BCUT2D eigenvalue weighted by molar-refractivity contribution is 6.01. The second-order valence-corrected chi connectivity index (χ2v) is 7.16. The molecule has 3 aliphatic rings. The number of urea groups is 1. The highest BCUT2D eigenvalue weighted by atomic mass is 16.3. The van der Waals surface area contributed by atoms with E-state index in [0.29, 0.717) is 18.5 Å². The molecule has 0 radical (unpaired) electrons. The molecular weight excluding hydrogens is 282 g/mol. The molecule has 2 N–H and O–H groups in total. The van der Waals surface area contributed by atoms with Crippen LogP contribution in [0.4, 0.5) is 4.79 Å². The predicted molar refractivity (Wildman–Crippen MR) is 82.3 cm³/mol. The number of nitrogens with zero attached hydrogens (tertiary/aromatic N) is 2. The Labute approximate surface area is 131 Å². The Morgan fingerprint density at radius 2 is 2.05 bits per heavy atom. The minimum absolute atomic E-state index is 0.125. The molecule has 0 aromatic rings. The van der Waals surface area contributed by atoms with Gasteiger partial charge in [0.05, 0.1) is 12.1 Å². The number of carbonyl (C=O) groups is 2. The first kappa shape index (κ1) is 15.7. The summed E-state index contributed by atoms with van der Waals surface area (Å²) in [6, 6.07) is 0.112. The van der Waals surface area contributed by atoms with Crippen molar-refractivity contribution in [2.45, 2.75) is 57.1 Å². The monoisotopic (exact) mass is 309 g/mol. The average Bonchev–Trinajstić information content (AvgIpc) is 3.04. The second-order valence-electron chi connectivity index (χ2n) is 7.16. The van der Waals surface area contributed by atoms with E-state index in [1.165, 1.54) is 11.3 Å². The van der Waals surface area contributed by atoms with Crippen LogP contribution >= 0.6 is 0 Å². The van der Waals surface area contributed by atoms with Crippen LogP contribution in [0.3, 0.4) is 0 Å². The van der Waals surface area contributed by atoms with Gasteiger partial charge in [0.25, 0.3) is 0 Å². The molecule has 0 aromatic carbocycles. The minimum Gasteiger partial charge on any atom is -0.390 e. The van der Waals surface area contributed by atoms with Gasteiger partial charge < -0.3 is 10.4 Å². The van der Waals surface area contributed by atoms with Gasteiger partial charge in [-0.05, 0) is 39.2 Å². The molecule has 3 amide bonds. The summed E-state index contributed by atoms with van der Waals surface area (Å²) in [4.78, 5) is 27.0. The Kier molecular flexibility index (Phi) is 4.41. The van der Waals surface area contributed by atoms with Crippen LogP contribution in [0.15, 0.2) is 0 Å². The molecule has 124 valence electrons. The number of rotatable bonds is 4. The third-order valence-corrected chi connectivity index (χ3v) is 5.67. The van der Waals surface area contributed by atoms with Crippen molar-refractivity contribution in [2.75, 3.05) is 26.2 Å². The number of amides is 3. The molecule has 3 fully saturated rings. The molecule has 0 aromatic heterocycles. The summed E-state index contributed by atoms with van der Waals surface area (Å²) in [7, 11) is 0. The molecular formula is C16H27N3O3. The van der Waals surface area contributed by atoms with Crippen molar-refractivity contribution in [2.24, 2.45) is 5.92 Å². The van der Waals surface area contributed by atoms with Crippen LogP contribution in [0.5, 0.6) is 0 Å². The third-order valence-electron chi connectivity index (χ3n) is 5.67. The van der Waals surface area contributed by atoms with Crippen molar-refractivity contribution in [3.05, 3.63) is 0 Å². The lowest BCUT2D eigenvalue weighted by Gasteiger charge is -2.43. The fourth-order valence-electron chi connectivity index (χ4n) is 4.45. The summed E-state index contributed by atoms with van der Waals surface area (Å²) < 4.78 is 0. The highest BCUT2D eigenvalue weighted by Gasteiger charge is 2.43. The quantitative estimate of drug-likeness (QED) is 0.758. The lowest BCUT2D eigenvalue weighted by atomic mass is 9.72. The van der Waals surface area contributed by atoms with Gasteiger partial charge in [0.15, 0.2) is 0 Å². The first-order chi connectivity index (χ1) is 10.5. The van der Waals surface area contributed by atoms with E-state index in [2.05, 4.69) is 10.2 Å². The maximum absolute atomic E-state index is 11.7. The molecule has 3 atom stereocenters. The molecule has 2 aliphatic heterocycles. The fourth-order valence-corrected chi connectivity index (χ4v) is 4.45. The van der Waals surface area contributed by atoms with Crippen LogP contribution in [0, 0.1) is 5.92 Å². The molecule has 2 heterocycles. The van der Waals surface area contributed by atoms with E-state index in [1.807, 2.05) is 6.92 Å². The molecule has 3 rings (SSSR count). The number of hydrogen-bond donors (Lipinski definition) is 2. The van der Waals surface area contributed by atoms with Gasteiger partial charge in [-0.2, -0.15) is 0 Å². The van der Waals surface area contributed by atoms with Gasteiger partial charge in [-0.15, -0.1) is 0 Å². The zero-order valence-corrected chi connectivity index (χ0v) is 13.4. The van der Waals surface area contributed by atoms with E-state index >= 15 is 0 Å². The molecule has 2 saturated heterocycles. The van der Waals surface area contributed by atoms with E-state index < -0.39 is 5.60 Å². The van der Waals surface area contributed by atoms with Crippen LogP contribution < -0.4 is 5.32 Å². The Bertz CT molecular complexity index is 436. The molecule has 22 heavy (non-hydrogen) atoms. The van der Waals surface area contributed by atoms with Gasteiger partial charge in [0.2, 0.25) is 5.91 Å². The third kappa shape index (κ3) is 2.99. The summed E-state index contributed by atoms with van der Waals surface area (Å²) in [5, 5.41) is 13.3. The highest BCUT2D eigenvalue weighted by Crippen LogP contribution is 2.40. The van der Waals surface area contributed by atoms with Gasteiger partial charge in [-0.1, -0.05) is 12.8 Å². The van der Waals surface area contributed by atoms with E-state index in [1.54, 1.807) is 0 Å². The fraction of sp³-hybridized carbons (Fsp3) is 0.875. The molecule has 6 heteroatoms. The van der Waals surface area contributed by atoms with E-state index in [4.69, 9.17) is 0 Å². The van der Waals surface area contributed by atoms with Crippen molar-refractivity contribution in [3.8, 4) is 0 Å². The van der Waals surface area contributed by atoms with Crippen LogP contribution in [0.2, 0.25) is 0 Å². The zero-order valence-electron chi connectivity index (χ0n) is 13.4. The lowest BCUT2D eigenvalue weighted by molar-refractivity contribution is -0.125. The largest absolute Gasteiger partial charge is 0.390 e. The number of nitrogens with one attached hydrogen (secondary N) is 1. The Balaban J connectivity index is 1.61. The van der Waals surface area contributed by atoms with Crippen LogP contribution in [-0.2, 0) is 4.79 Å². The molecule has 6 nitrogen and oxygen atoms in total. The van der Waals surface area contributed by atoms with Crippen LogP contribution in [-0.4, -0.2) is 64.7 Å². The Hall–Kier alpha value is -1.14. The second kappa shape index (κ2) is 6.16. The zero-order chi connectivity index (χ0) is 15.7. The number of likely N-dealkylation sites (tertiary alicyclic amines) is 1. The van der Waals surface area contributed by atoms with Crippen molar-refractivity contribution < 1.29 is 14.7 Å². The molecule has 1 saturated carbocycles. The summed E-state index contributed by atoms with van der Waals surface area (Å²) in [5.74, 6) is 0.178. The maximum atomic E-state index is 11.7. The van der Waals surface area contributed by atoms with Gasteiger partial charge in [-0.25, -0.2) is 4.79 Å². The van der Waals surface area contributed by atoms with Gasteiger partial charge in [-0.3, -0.25) is 14.6 Å². The summed E-state index contributed by atoms with van der Waals surface area (Å²) >= 11 is 0. The number of aliphatic hydroxyl groups is 1. The standard InChI is InChI=1S/C16H27N3O3/c1-16(22)7-3-2-5-12(16)13-6-4-8-18(13)9-10-19-14(20)11-17-15(19)21/h12-13,22H,2-11H2,1H3,(H,17,21)/t12-,13+,16+/m1/s1. The molecule has 0 spiro atoms. The minimum atomic E-state index is -0.577. The van der Waals surface area contributed by atoms with Crippen molar-refractivity contribution in [3.63, 3.8) is 0 Å². The Morgan fingerprint density at radius 1 is 1.23 bits per heavy atom. The van der Waals surface area contributed by atoms with Crippen LogP contribution in [0.25, 0.3) is 0 Å². The first-order valence-corrected chi connectivity index (χ1v) is 8.54. The normalized spacial score (nSPS) is 36.9. The molecule has 0 unspecified atom stereocenters. The van der Waals surface area contributed by atoms with E-state index in [0.717, 1.165) is 45.2 Å². The van der Waals surface area contributed by atoms with Gasteiger partial charge >= 0.3 is 6.03 Å². The predicted octanol–water partition coefficient (Wildman–Crippen LogP) is 0.944. The number of imide groups is 1. The average molecular weight is 309 g/mol. The molecule has 0 bridgehead atoms. The Morgan fingerprint density at radius 3 is 2.73 bits per heavy atom. The first-order valence-electron chi connectivity index (χ1n) is 8.54. The summed E-state index contributed by atoms with van der Waals surface area (Å²) in [5.41, 5.74) is -0.577. The smallest absolute Gasteiger partial charge is 0.324 e. The molecule has 1 aliphatic carbocycles. The lowest BCUT2D eigenvalue weighted by Crippen LogP contribution is -2.50. The number of carbonyl (C=O) groups excluding carboxylic acids is 2. The van der Waals surface area contributed by atoms with Crippen molar-refractivity contribution >= 4 is 11.9 Å². The van der Waals surface area contributed by atoms with Crippen LogP contribution in [0.1, 0.15) is 45.4 Å².